The first-order valence-electron chi connectivity index (χ1n) is 4.05. The molecule has 0 saturated carbocycles. The molecule has 0 fully saturated rings. The molecule has 2 nitrogen and oxygen atoms in total. The minimum Gasteiger partial charge on any atom is -0.247 e. The maximum absolute atomic E-state index is 4.16. The summed E-state index contributed by atoms with van der Waals surface area (Å²) in [6, 6.07) is 0. The van der Waals surface area contributed by atoms with Gasteiger partial charge < -0.3 is 0 Å². The van der Waals surface area contributed by atoms with Crippen LogP contribution in [0.1, 0.15) is 34.6 Å². The molecule has 0 saturated heterocycles. The van der Waals surface area contributed by atoms with Crippen LogP contribution in [0.15, 0.2) is 4.40 Å². The molecule has 0 heterocycles. The lowest BCUT2D eigenvalue weighted by molar-refractivity contribution is 0.882. The van der Waals surface area contributed by atoms with Crippen LogP contribution in [-0.2, 0) is 0 Å². The van der Waals surface area contributed by atoms with Gasteiger partial charge in [0, 0.05) is 5.71 Å². The highest BCUT2D eigenvalue weighted by Gasteiger charge is 1.95. The normalized spacial score (nSPS) is 11.0. The van der Waals surface area contributed by atoms with E-state index in [1.165, 1.54) is 17.8 Å². The molecule has 0 unspecified atom stereocenters. The Balaban J connectivity index is 0. The molecule has 0 aliphatic carbocycles. The molecule has 0 rings (SSSR count). The molecule has 0 atom stereocenters. The summed E-state index contributed by atoms with van der Waals surface area (Å²) in [6.45, 7) is 10.3. The van der Waals surface area contributed by atoms with Crippen molar-refractivity contribution in [2.45, 2.75) is 34.6 Å². The van der Waals surface area contributed by atoms with Crippen molar-refractivity contribution < 1.29 is 0 Å². The van der Waals surface area contributed by atoms with Gasteiger partial charge in [-0.25, -0.2) is 9.12 Å². The van der Waals surface area contributed by atoms with Crippen LogP contribution in [0.3, 0.4) is 0 Å². The van der Waals surface area contributed by atoms with E-state index in [9.17, 15) is 0 Å². The van der Waals surface area contributed by atoms with E-state index in [0.717, 1.165) is 0 Å². The number of hydrogen-bond acceptors (Lipinski definition) is 3. The zero-order valence-corrected chi connectivity index (χ0v) is 9.25. The molecular formula is C8H20N2S. The van der Waals surface area contributed by atoms with Gasteiger partial charge in [0.15, 0.2) is 0 Å². The van der Waals surface area contributed by atoms with Crippen LogP contribution >= 0.6 is 12.1 Å². The van der Waals surface area contributed by atoms with E-state index in [0.29, 0.717) is 5.92 Å². The van der Waals surface area contributed by atoms with Crippen LogP contribution in [0.5, 0.6) is 0 Å². The minimum atomic E-state index is 0.561. The van der Waals surface area contributed by atoms with E-state index in [2.05, 4.69) is 23.0 Å². The van der Waals surface area contributed by atoms with Crippen LogP contribution in [0, 0.1) is 5.92 Å². The Bertz CT molecular complexity index is 100. The van der Waals surface area contributed by atoms with Crippen LogP contribution in [0.2, 0.25) is 0 Å². The largest absolute Gasteiger partial charge is 0.247 e. The van der Waals surface area contributed by atoms with E-state index >= 15 is 0 Å². The van der Waals surface area contributed by atoms with Crippen molar-refractivity contribution in [1.82, 2.24) is 4.72 Å². The van der Waals surface area contributed by atoms with Crippen LogP contribution in [0.25, 0.3) is 0 Å². The fourth-order valence-corrected chi connectivity index (χ4v) is 0.669. The highest BCUT2D eigenvalue weighted by Crippen LogP contribution is 2.01. The first-order chi connectivity index (χ1) is 5.18. The van der Waals surface area contributed by atoms with E-state index in [4.69, 9.17) is 0 Å². The van der Waals surface area contributed by atoms with Gasteiger partial charge >= 0.3 is 0 Å². The average Bonchev–Trinajstić information content (AvgIpc) is 2.03. The van der Waals surface area contributed by atoms with Gasteiger partial charge in [-0.15, -0.1) is 0 Å². The standard InChI is InChI=1S/C6H14N2S.C2H6/c1-5(2)6(3)8-9-7-4;1-2/h5,7H,1-4H3;1-2H3/b8-6+;. The number of rotatable bonds is 3. The monoisotopic (exact) mass is 176 g/mol. The van der Waals surface area contributed by atoms with Gasteiger partial charge in [0.1, 0.15) is 0 Å². The van der Waals surface area contributed by atoms with E-state index in [1.807, 2.05) is 27.8 Å². The highest BCUT2D eigenvalue weighted by molar-refractivity contribution is 7.96. The van der Waals surface area contributed by atoms with Crippen molar-refractivity contribution in [3.8, 4) is 0 Å². The molecule has 0 aromatic heterocycles. The Labute approximate surface area is 75.1 Å². The van der Waals surface area contributed by atoms with E-state index in [-0.39, 0.29) is 0 Å². The molecule has 0 amide bonds. The van der Waals surface area contributed by atoms with Gasteiger partial charge in [0.25, 0.3) is 0 Å². The Hall–Kier alpha value is -0.0200. The Kier molecular flexibility index (Phi) is 12.3. The molecule has 68 valence electrons. The molecule has 0 aromatic rings. The molecular weight excluding hydrogens is 156 g/mol. The molecule has 0 aliphatic heterocycles. The number of nitrogens with zero attached hydrogens (tertiary/aromatic N) is 1. The van der Waals surface area contributed by atoms with Crippen molar-refractivity contribution in [2.75, 3.05) is 7.05 Å². The van der Waals surface area contributed by atoms with Gasteiger partial charge in [-0.05, 0) is 19.9 Å². The predicted octanol–water partition coefficient (Wildman–Crippen LogP) is 2.91. The highest BCUT2D eigenvalue weighted by atomic mass is 32.2. The second-order valence-electron chi connectivity index (χ2n) is 2.18. The lowest BCUT2D eigenvalue weighted by atomic mass is 10.1. The third kappa shape index (κ3) is 9.98. The zero-order chi connectivity index (χ0) is 9.28. The summed E-state index contributed by atoms with van der Waals surface area (Å²) in [5.74, 6) is 0.561. The van der Waals surface area contributed by atoms with Crippen molar-refractivity contribution >= 4 is 17.8 Å². The van der Waals surface area contributed by atoms with Gasteiger partial charge in [-0.1, -0.05) is 27.7 Å². The fraction of sp³-hybridized carbons (Fsp3) is 0.875. The fourth-order valence-electron chi connectivity index (χ4n) is 0.223. The van der Waals surface area contributed by atoms with Crippen LogP contribution < -0.4 is 4.72 Å². The molecule has 3 heteroatoms. The van der Waals surface area contributed by atoms with Gasteiger partial charge in [-0.2, -0.15) is 0 Å². The molecule has 11 heavy (non-hydrogen) atoms. The average molecular weight is 176 g/mol. The van der Waals surface area contributed by atoms with Gasteiger partial charge in [-0.3, -0.25) is 0 Å². The maximum atomic E-state index is 4.16. The molecule has 1 N–H and O–H groups in total. The summed E-state index contributed by atoms with van der Waals surface area (Å²) in [7, 11) is 1.86. The third-order valence-electron chi connectivity index (χ3n) is 1.12. The Morgan fingerprint density at radius 3 is 2.09 bits per heavy atom. The van der Waals surface area contributed by atoms with E-state index < -0.39 is 0 Å². The molecule has 0 bridgehead atoms. The smallest absolute Gasteiger partial charge is 0.0582 e. The van der Waals surface area contributed by atoms with Crippen molar-refractivity contribution in [3.05, 3.63) is 0 Å². The summed E-state index contributed by atoms with van der Waals surface area (Å²) in [4.78, 5) is 0. The molecule has 0 aromatic carbocycles. The van der Waals surface area contributed by atoms with Crippen molar-refractivity contribution in [3.63, 3.8) is 0 Å². The molecule has 0 spiro atoms. The molecule has 0 aliphatic rings. The summed E-state index contributed by atoms with van der Waals surface area (Å²) in [5, 5.41) is 0. The van der Waals surface area contributed by atoms with Crippen molar-refractivity contribution in [2.24, 2.45) is 10.3 Å². The summed E-state index contributed by atoms with van der Waals surface area (Å²) in [6.07, 6.45) is 0. The van der Waals surface area contributed by atoms with Gasteiger partial charge in [0.2, 0.25) is 0 Å². The predicted molar refractivity (Wildman–Crippen MR) is 55.9 cm³/mol. The molecule has 0 radical (unpaired) electrons. The van der Waals surface area contributed by atoms with Crippen molar-refractivity contribution in [1.29, 1.82) is 0 Å². The summed E-state index contributed by atoms with van der Waals surface area (Å²) < 4.78 is 7.05. The van der Waals surface area contributed by atoms with E-state index in [1.54, 1.807) is 0 Å². The summed E-state index contributed by atoms with van der Waals surface area (Å²) >= 11 is 1.38. The van der Waals surface area contributed by atoms with Crippen LogP contribution in [-0.4, -0.2) is 12.8 Å². The number of nitrogens with one attached hydrogen (secondary N) is 1. The first-order valence-corrected chi connectivity index (χ1v) is 4.83. The Morgan fingerprint density at radius 1 is 1.36 bits per heavy atom. The first kappa shape index (κ1) is 13.6. The van der Waals surface area contributed by atoms with Gasteiger partial charge in [0.05, 0.1) is 12.1 Å². The minimum absolute atomic E-state index is 0.561. The number of hydrogen-bond donors (Lipinski definition) is 1. The topological polar surface area (TPSA) is 24.4 Å². The van der Waals surface area contributed by atoms with Crippen LogP contribution in [0.4, 0.5) is 0 Å². The third-order valence-corrected chi connectivity index (χ3v) is 1.68. The lowest BCUT2D eigenvalue weighted by Crippen LogP contribution is -2.01. The SMILES string of the molecule is CC.CNS/N=C(\C)C(C)C. The lowest BCUT2D eigenvalue weighted by Gasteiger charge is -2.00. The second kappa shape index (κ2) is 9.98. The zero-order valence-electron chi connectivity index (χ0n) is 8.43. The second-order valence-corrected chi connectivity index (χ2v) is 2.96. The Morgan fingerprint density at radius 2 is 1.82 bits per heavy atom. The summed E-state index contributed by atoms with van der Waals surface area (Å²) in [5.41, 5.74) is 1.18. The quantitative estimate of drug-likeness (QED) is 0.528. The maximum Gasteiger partial charge on any atom is 0.0582 e.